The Hall–Kier alpha value is -2.83. The molecule has 3 aromatic rings. The van der Waals surface area contributed by atoms with E-state index in [4.69, 9.17) is 33.7 Å². The number of halogens is 2. The third kappa shape index (κ3) is 5.12. The van der Waals surface area contributed by atoms with E-state index < -0.39 is 0 Å². The number of anilines is 1. The number of aromatic nitrogens is 2. The average molecular weight is 417 g/mol. The van der Waals surface area contributed by atoms with E-state index in [1.807, 2.05) is 12.1 Å². The van der Waals surface area contributed by atoms with Gasteiger partial charge in [-0.05, 0) is 42.3 Å². The lowest BCUT2D eigenvalue weighted by Gasteiger charge is -2.12. The van der Waals surface area contributed by atoms with Gasteiger partial charge in [0.25, 0.3) is 5.91 Å². The summed E-state index contributed by atoms with van der Waals surface area (Å²) in [7, 11) is 0. The number of pyridine rings is 2. The first-order valence-electron chi connectivity index (χ1n) is 8.53. The minimum atomic E-state index is -0.262. The lowest BCUT2D eigenvalue weighted by Crippen LogP contribution is -2.26. The molecule has 8 heteroatoms. The molecule has 3 rings (SSSR count). The normalized spacial score (nSPS) is 10.5. The Morgan fingerprint density at radius 3 is 2.57 bits per heavy atom. The van der Waals surface area contributed by atoms with Gasteiger partial charge >= 0.3 is 0 Å². The van der Waals surface area contributed by atoms with Crippen LogP contribution in [0.4, 0.5) is 5.82 Å². The highest BCUT2D eigenvalue weighted by Gasteiger charge is 2.12. The Labute approximate surface area is 172 Å². The molecule has 0 unspecified atom stereocenters. The van der Waals surface area contributed by atoms with E-state index in [1.165, 1.54) is 6.20 Å². The highest BCUT2D eigenvalue weighted by atomic mass is 35.5. The van der Waals surface area contributed by atoms with E-state index in [2.05, 4.69) is 15.3 Å². The van der Waals surface area contributed by atoms with Crippen LogP contribution >= 0.6 is 23.2 Å². The van der Waals surface area contributed by atoms with Crippen molar-refractivity contribution >= 4 is 34.9 Å². The van der Waals surface area contributed by atoms with Gasteiger partial charge in [-0.3, -0.25) is 9.78 Å². The van der Waals surface area contributed by atoms with Crippen molar-refractivity contribution in [3.63, 3.8) is 0 Å². The predicted octanol–water partition coefficient (Wildman–Crippen LogP) is 3.92. The van der Waals surface area contributed by atoms with Crippen LogP contribution in [0.15, 0.2) is 55.0 Å². The first-order chi connectivity index (χ1) is 13.5. The maximum Gasteiger partial charge on any atom is 0.252 e. The van der Waals surface area contributed by atoms with Crippen molar-refractivity contribution in [3.05, 3.63) is 81.7 Å². The van der Waals surface area contributed by atoms with Gasteiger partial charge in [0, 0.05) is 40.7 Å². The second kappa shape index (κ2) is 9.39. The van der Waals surface area contributed by atoms with Crippen LogP contribution in [0, 0.1) is 0 Å². The van der Waals surface area contributed by atoms with Crippen molar-refractivity contribution in [1.29, 1.82) is 0 Å². The maximum atomic E-state index is 12.4. The number of nitrogens with one attached hydrogen (secondary N) is 1. The fraction of sp³-hybridized carbons (Fsp3) is 0.150. The van der Waals surface area contributed by atoms with Crippen LogP contribution in [0.1, 0.15) is 21.5 Å². The number of carbonyl (C=O) groups excluding carboxylic acids is 1. The Morgan fingerprint density at radius 1 is 1.14 bits per heavy atom. The quantitative estimate of drug-likeness (QED) is 0.608. The molecule has 2 heterocycles. The number of nitrogens with two attached hydrogens (primary N) is 1. The van der Waals surface area contributed by atoms with Crippen molar-refractivity contribution in [1.82, 2.24) is 15.3 Å². The summed E-state index contributed by atoms with van der Waals surface area (Å²) in [6.07, 6.45) is 5.54. The van der Waals surface area contributed by atoms with Crippen LogP contribution in [0.5, 0.6) is 5.75 Å². The van der Waals surface area contributed by atoms with Gasteiger partial charge in [-0.15, -0.1) is 0 Å². The molecule has 28 heavy (non-hydrogen) atoms. The molecule has 0 radical (unpaired) electrons. The van der Waals surface area contributed by atoms with Gasteiger partial charge in [-0.2, -0.15) is 0 Å². The van der Waals surface area contributed by atoms with Crippen molar-refractivity contribution in [3.8, 4) is 5.75 Å². The molecule has 0 bridgehead atoms. The third-order valence-electron chi connectivity index (χ3n) is 4.03. The standard InChI is InChI=1S/C20H18Cl2N4O2/c21-16-2-1-3-17(22)15(16)12-28-18-10-14(11-26-19(18)23)20(27)25-9-6-13-4-7-24-8-5-13/h1-5,7-8,10-11H,6,9,12H2,(H2,23,26)(H,25,27). The number of nitrogen functional groups attached to an aromatic ring is 1. The molecular formula is C20H18Cl2N4O2. The molecule has 6 nitrogen and oxygen atoms in total. The summed E-state index contributed by atoms with van der Waals surface area (Å²) in [5.41, 5.74) is 7.94. The average Bonchev–Trinajstić information content (AvgIpc) is 2.69. The number of carbonyl (C=O) groups is 1. The molecule has 0 fully saturated rings. The summed E-state index contributed by atoms with van der Waals surface area (Å²) in [5.74, 6) is 0.205. The van der Waals surface area contributed by atoms with Crippen LogP contribution in [-0.4, -0.2) is 22.4 Å². The van der Waals surface area contributed by atoms with E-state index in [9.17, 15) is 4.79 Å². The summed E-state index contributed by atoms with van der Waals surface area (Å²) >= 11 is 12.3. The van der Waals surface area contributed by atoms with Crippen LogP contribution in [0.25, 0.3) is 0 Å². The lowest BCUT2D eigenvalue weighted by atomic mass is 10.2. The fourth-order valence-corrected chi connectivity index (χ4v) is 2.99. The van der Waals surface area contributed by atoms with Gasteiger partial charge in [-0.1, -0.05) is 29.3 Å². The summed E-state index contributed by atoms with van der Waals surface area (Å²) < 4.78 is 5.71. The Morgan fingerprint density at radius 2 is 1.86 bits per heavy atom. The molecule has 144 valence electrons. The van der Waals surface area contributed by atoms with E-state index in [-0.39, 0.29) is 24.1 Å². The van der Waals surface area contributed by atoms with Crippen molar-refractivity contribution in [2.24, 2.45) is 0 Å². The predicted molar refractivity (Wildman–Crippen MR) is 110 cm³/mol. The summed E-state index contributed by atoms with van der Waals surface area (Å²) in [4.78, 5) is 20.4. The van der Waals surface area contributed by atoms with Gasteiger partial charge in [0.1, 0.15) is 6.61 Å². The van der Waals surface area contributed by atoms with E-state index in [1.54, 1.807) is 36.7 Å². The molecule has 0 aliphatic rings. The smallest absolute Gasteiger partial charge is 0.252 e. The zero-order valence-corrected chi connectivity index (χ0v) is 16.4. The number of benzene rings is 1. The summed E-state index contributed by atoms with van der Waals surface area (Å²) in [6, 6.07) is 10.6. The van der Waals surface area contributed by atoms with Crippen molar-refractivity contribution in [2.75, 3.05) is 12.3 Å². The molecular weight excluding hydrogens is 399 g/mol. The molecule has 3 N–H and O–H groups in total. The fourth-order valence-electron chi connectivity index (χ4n) is 2.49. The highest BCUT2D eigenvalue weighted by molar-refractivity contribution is 6.35. The van der Waals surface area contributed by atoms with E-state index >= 15 is 0 Å². The van der Waals surface area contributed by atoms with Crippen molar-refractivity contribution in [2.45, 2.75) is 13.0 Å². The zero-order chi connectivity index (χ0) is 19.9. The van der Waals surface area contributed by atoms with Crippen LogP contribution < -0.4 is 15.8 Å². The molecule has 1 amide bonds. The van der Waals surface area contributed by atoms with Gasteiger partial charge in [0.2, 0.25) is 0 Å². The third-order valence-corrected chi connectivity index (χ3v) is 4.73. The molecule has 0 aliphatic carbocycles. The van der Waals surface area contributed by atoms with Gasteiger partial charge in [0.15, 0.2) is 11.6 Å². The minimum Gasteiger partial charge on any atom is -0.485 e. The Bertz CT molecular complexity index is 947. The largest absolute Gasteiger partial charge is 0.485 e. The molecule has 0 aliphatic heterocycles. The SMILES string of the molecule is Nc1ncc(C(=O)NCCc2ccncc2)cc1OCc1c(Cl)cccc1Cl. The Kier molecular flexibility index (Phi) is 6.68. The number of hydrogen-bond donors (Lipinski definition) is 2. The number of nitrogens with zero attached hydrogens (tertiary/aromatic N) is 2. The second-order valence-electron chi connectivity index (χ2n) is 5.96. The molecule has 0 spiro atoms. The number of amides is 1. The highest BCUT2D eigenvalue weighted by Crippen LogP contribution is 2.27. The minimum absolute atomic E-state index is 0.109. The van der Waals surface area contributed by atoms with Crippen LogP contribution in [0.3, 0.4) is 0 Å². The topological polar surface area (TPSA) is 90.1 Å². The van der Waals surface area contributed by atoms with Crippen LogP contribution in [-0.2, 0) is 13.0 Å². The second-order valence-corrected chi connectivity index (χ2v) is 6.77. The van der Waals surface area contributed by atoms with Gasteiger partial charge in [-0.25, -0.2) is 4.98 Å². The number of ether oxygens (including phenoxy) is 1. The Balaban J connectivity index is 1.63. The van der Waals surface area contributed by atoms with E-state index in [0.717, 1.165) is 5.56 Å². The monoisotopic (exact) mass is 416 g/mol. The molecule has 2 aromatic heterocycles. The van der Waals surface area contributed by atoms with E-state index in [0.29, 0.717) is 34.1 Å². The number of rotatable bonds is 7. The molecule has 0 saturated heterocycles. The maximum absolute atomic E-state index is 12.4. The molecule has 0 atom stereocenters. The molecule has 1 aromatic carbocycles. The molecule has 0 saturated carbocycles. The van der Waals surface area contributed by atoms with Gasteiger partial charge < -0.3 is 15.8 Å². The first kappa shape index (κ1) is 19.9. The number of hydrogen-bond acceptors (Lipinski definition) is 5. The first-order valence-corrected chi connectivity index (χ1v) is 9.28. The van der Waals surface area contributed by atoms with Gasteiger partial charge in [0.05, 0.1) is 5.56 Å². The summed E-state index contributed by atoms with van der Waals surface area (Å²) in [5, 5.41) is 3.83. The summed E-state index contributed by atoms with van der Waals surface area (Å²) in [6.45, 7) is 0.593. The van der Waals surface area contributed by atoms with Crippen LogP contribution in [0.2, 0.25) is 10.0 Å². The zero-order valence-electron chi connectivity index (χ0n) is 14.9. The van der Waals surface area contributed by atoms with Crippen molar-refractivity contribution < 1.29 is 9.53 Å². The lowest BCUT2D eigenvalue weighted by molar-refractivity contribution is 0.0953.